The molecule has 1 heterocycles. The monoisotopic (exact) mass is 428 g/mol. The standard InChI is InChI=1S/C23H28N2O4S/c1-3-22-23(26)25(30(27,28)4-2)21(18-29-17-20-13-9-6-10-14-20)16-24(22)15-19-11-7-5-8-12-19/h4-14,21-22H,2-3,15-18H2,1H3/t21-,22-/m1/s1. The topological polar surface area (TPSA) is 66.9 Å². The van der Waals surface area contributed by atoms with Gasteiger partial charge in [0.1, 0.15) is 0 Å². The summed E-state index contributed by atoms with van der Waals surface area (Å²) >= 11 is 0. The first-order valence-electron chi connectivity index (χ1n) is 10.1. The van der Waals surface area contributed by atoms with Gasteiger partial charge in [0.15, 0.2) is 0 Å². The SMILES string of the molecule is C=CS(=O)(=O)N1C(=O)[C@@H](CC)N(Cc2ccccc2)C[C@@H]1COCc1ccccc1. The molecule has 7 heteroatoms. The van der Waals surface area contributed by atoms with Gasteiger partial charge in [0.25, 0.3) is 15.9 Å². The summed E-state index contributed by atoms with van der Waals surface area (Å²) in [7, 11) is -3.91. The second-order valence-electron chi connectivity index (χ2n) is 7.34. The Morgan fingerprint density at radius 3 is 2.23 bits per heavy atom. The minimum Gasteiger partial charge on any atom is -0.375 e. The third-order valence-electron chi connectivity index (χ3n) is 5.24. The van der Waals surface area contributed by atoms with Gasteiger partial charge in [-0.3, -0.25) is 9.69 Å². The molecule has 1 aliphatic heterocycles. The molecule has 1 aliphatic rings. The third-order valence-corrected chi connectivity index (χ3v) is 6.69. The summed E-state index contributed by atoms with van der Waals surface area (Å²) in [4.78, 5) is 15.3. The molecule has 160 valence electrons. The van der Waals surface area contributed by atoms with Gasteiger partial charge in [-0.15, -0.1) is 0 Å². The van der Waals surface area contributed by atoms with Crippen LogP contribution in [-0.2, 0) is 32.7 Å². The number of rotatable bonds is 9. The van der Waals surface area contributed by atoms with Gasteiger partial charge in [-0.05, 0) is 17.5 Å². The number of hydrogen-bond acceptors (Lipinski definition) is 5. The first-order valence-corrected chi connectivity index (χ1v) is 11.6. The molecule has 0 N–H and O–H groups in total. The molecule has 0 saturated carbocycles. The van der Waals surface area contributed by atoms with Crippen molar-refractivity contribution in [1.29, 1.82) is 0 Å². The Labute approximate surface area is 178 Å². The molecule has 3 rings (SSSR count). The van der Waals surface area contributed by atoms with E-state index < -0.39 is 28.0 Å². The number of piperazine rings is 1. The Bertz CT molecular complexity index is 948. The number of carbonyl (C=O) groups excluding carboxylic acids is 1. The largest absolute Gasteiger partial charge is 0.375 e. The maximum absolute atomic E-state index is 13.2. The highest BCUT2D eigenvalue weighted by molar-refractivity contribution is 7.92. The van der Waals surface area contributed by atoms with Crippen LogP contribution in [0.1, 0.15) is 24.5 Å². The Morgan fingerprint density at radius 1 is 1.07 bits per heavy atom. The Balaban J connectivity index is 1.81. The molecule has 1 amide bonds. The van der Waals surface area contributed by atoms with Crippen molar-refractivity contribution in [2.75, 3.05) is 13.2 Å². The predicted molar refractivity (Wildman–Crippen MR) is 117 cm³/mol. The number of sulfonamides is 1. The second kappa shape index (κ2) is 10.0. The first kappa shape index (κ1) is 22.2. The Kier molecular flexibility index (Phi) is 7.42. The number of ether oxygens (including phenoxy) is 1. The summed E-state index contributed by atoms with van der Waals surface area (Å²) in [6.45, 7) is 6.75. The van der Waals surface area contributed by atoms with Crippen molar-refractivity contribution in [3.63, 3.8) is 0 Å². The van der Waals surface area contributed by atoms with E-state index in [0.29, 0.717) is 26.1 Å². The van der Waals surface area contributed by atoms with Crippen LogP contribution in [0.25, 0.3) is 0 Å². The summed E-state index contributed by atoms with van der Waals surface area (Å²) in [6.07, 6.45) is 0.520. The highest BCUT2D eigenvalue weighted by Crippen LogP contribution is 2.25. The van der Waals surface area contributed by atoms with Gasteiger partial charge in [0.05, 0.1) is 25.3 Å². The summed E-state index contributed by atoms with van der Waals surface area (Å²) in [5.41, 5.74) is 2.07. The van der Waals surface area contributed by atoms with Crippen LogP contribution in [0.4, 0.5) is 0 Å². The number of benzene rings is 2. The van der Waals surface area contributed by atoms with Gasteiger partial charge in [0.2, 0.25) is 0 Å². The van der Waals surface area contributed by atoms with Crippen LogP contribution in [0.15, 0.2) is 72.7 Å². The van der Waals surface area contributed by atoms with Crippen LogP contribution in [0, 0.1) is 0 Å². The first-order chi connectivity index (χ1) is 14.5. The predicted octanol–water partition coefficient (Wildman–Crippen LogP) is 3.17. The second-order valence-corrected chi connectivity index (χ2v) is 9.10. The number of nitrogens with zero attached hydrogens (tertiary/aromatic N) is 2. The van der Waals surface area contributed by atoms with Gasteiger partial charge in [-0.1, -0.05) is 74.2 Å². The van der Waals surface area contributed by atoms with Gasteiger partial charge in [0, 0.05) is 18.5 Å². The molecule has 0 aromatic heterocycles. The van der Waals surface area contributed by atoms with Crippen molar-refractivity contribution in [3.05, 3.63) is 83.8 Å². The van der Waals surface area contributed by atoms with E-state index in [2.05, 4.69) is 6.58 Å². The summed E-state index contributed by atoms with van der Waals surface area (Å²) in [5, 5.41) is 0.842. The van der Waals surface area contributed by atoms with Crippen molar-refractivity contribution in [2.45, 2.75) is 38.6 Å². The number of amides is 1. The van der Waals surface area contributed by atoms with Gasteiger partial charge in [-0.2, -0.15) is 0 Å². The average molecular weight is 429 g/mol. The van der Waals surface area contributed by atoms with Crippen molar-refractivity contribution < 1.29 is 17.9 Å². The zero-order valence-corrected chi connectivity index (χ0v) is 18.0. The van der Waals surface area contributed by atoms with Crippen LogP contribution in [0.5, 0.6) is 0 Å². The fraction of sp³-hybridized carbons (Fsp3) is 0.348. The lowest BCUT2D eigenvalue weighted by Gasteiger charge is -2.44. The van der Waals surface area contributed by atoms with E-state index in [0.717, 1.165) is 20.8 Å². The fourth-order valence-corrected chi connectivity index (χ4v) is 4.88. The maximum atomic E-state index is 13.2. The average Bonchev–Trinajstić information content (AvgIpc) is 2.75. The molecule has 0 aliphatic carbocycles. The molecule has 0 radical (unpaired) electrons. The van der Waals surface area contributed by atoms with Crippen LogP contribution in [0.3, 0.4) is 0 Å². The highest BCUT2D eigenvalue weighted by atomic mass is 32.2. The molecule has 2 atom stereocenters. The molecule has 6 nitrogen and oxygen atoms in total. The molecule has 0 bridgehead atoms. The van der Waals surface area contributed by atoms with E-state index in [1.807, 2.05) is 72.5 Å². The van der Waals surface area contributed by atoms with Crippen LogP contribution >= 0.6 is 0 Å². The van der Waals surface area contributed by atoms with E-state index in [-0.39, 0.29) is 6.61 Å². The minimum absolute atomic E-state index is 0.120. The van der Waals surface area contributed by atoms with Gasteiger partial charge < -0.3 is 4.74 Å². The maximum Gasteiger partial charge on any atom is 0.259 e. The van der Waals surface area contributed by atoms with E-state index in [1.54, 1.807) is 0 Å². The summed E-state index contributed by atoms with van der Waals surface area (Å²) in [5.74, 6) is -0.423. The van der Waals surface area contributed by atoms with E-state index in [1.165, 1.54) is 0 Å². The highest BCUT2D eigenvalue weighted by Gasteiger charge is 2.44. The minimum atomic E-state index is -3.91. The molecule has 2 aromatic rings. The Morgan fingerprint density at radius 2 is 1.67 bits per heavy atom. The molecule has 0 unspecified atom stereocenters. The van der Waals surface area contributed by atoms with Crippen molar-refractivity contribution in [2.24, 2.45) is 0 Å². The molecule has 1 fully saturated rings. The van der Waals surface area contributed by atoms with Gasteiger partial charge >= 0.3 is 0 Å². The number of hydrogen-bond donors (Lipinski definition) is 0. The molecule has 2 aromatic carbocycles. The molecule has 0 spiro atoms. The van der Waals surface area contributed by atoms with Crippen molar-refractivity contribution in [1.82, 2.24) is 9.21 Å². The zero-order chi connectivity index (χ0) is 21.6. The van der Waals surface area contributed by atoms with E-state index in [9.17, 15) is 13.2 Å². The molecular weight excluding hydrogens is 400 g/mol. The smallest absolute Gasteiger partial charge is 0.259 e. The lowest BCUT2D eigenvalue weighted by molar-refractivity contribution is -0.141. The van der Waals surface area contributed by atoms with E-state index in [4.69, 9.17) is 4.74 Å². The number of carbonyl (C=O) groups is 1. The van der Waals surface area contributed by atoms with Crippen LogP contribution < -0.4 is 0 Å². The van der Waals surface area contributed by atoms with Crippen LogP contribution in [-0.4, -0.2) is 48.8 Å². The van der Waals surface area contributed by atoms with Gasteiger partial charge in [-0.25, -0.2) is 12.7 Å². The van der Waals surface area contributed by atoms with Crippen LogP contribution in [0.2, 0.25) is 0 Å². The third kappa shape index (κ3) is 5.16. The van der Waals surface area contributed by atoms with E-state index >= 15 is 0 Å². The summed E-state index contributed by atoms with van der Waals surface area (Å²) < 4.78 is 32.1. The summed E-state index contributed by atoms with van der Waals surface area (Å²) in [6, 6.07) is 18.4. The fourth-order valence-electron chi connectivity index (χ4n) is 3.80. The molecule has 30 heavy (non-hydrogen) atoms. The molecule has 1 saturated heterocycles. The van der Waals surface area contributed by atoms with Crippen molar-refractivity contribution in [3.8, 4) is 0 Å². The quantitative estimate of drug-likeness (QED) is 0.614. The molecular formula is C23H28N2O4S. The lowest BCUT2D eigenvalue weighted by Crippen LogP contribution is -2.63. The lowest BCUT2D eigenvalue weighted by atomic mass is 10.0. The normalized spacial score (nSPS) is 20.3. The van der Waals surface area contributed by atoms with Crippen molar-refractivity contribution >= 4 is 15.9 Å². The zero-order valence-electron chi connectivity index (χ0n) is 17.2. The Hall–Kier alpha value is -2.48.